The first-order chi connectivity index (χ1) is 58.5. The fourth-order valence-electron chi connectivity index (χ4n) is 11.2. The highest BCUT2D eigenvalue weighted by molar-refractivity contribution is 6.31. The second-order valence-corrected chi connectivity index (χ2v) is 27.0. The molecular formula is C92H71ClF3N15O10. The van der Waals surface area contributed by atoms with Gasteiger partial charge in [0.25, 0.3) is 0 Å². The van der Waals surface area contributed by atoms with Crippen molar-refractivity contribution in [1.29, 1.82) is 0 Å². The molecule has 5 aromatic carbocycles. The van der Waals surface area contributed by atoms with Gasteiger partial charge in [-0.05, 0) is 178 Å². The van der Waals surface area contributed by atoms with Crippen LogP contribution in [-0.2, 0) is 32.1 Å². The molecule has 0 spiro atoms. The minimum absolute atomic E-state index is 0.00552. The fraction of sp³-hybridized carbons (Fsp3) is 0.109. The highest BCUT2D eigenvalue weighted by atomic mass is 35.5. The van der Waals surface area contributed by atoms with Crippen molar-refractivity contribution in [3.8, 4) is 69.8 Å². The number of hydrogen-bond donors (Lipinski definition) is 0. The van der Waals surface area contributed by atoms with Gasteiger partial charge in [-0.15, -0.1) is 6.42 Å². The molecule has 0 aliphatic rings. The van der Waals surface area contributed by atoms with E-state index in [2.05, 4.69) is 80.7 Å². The molecule has 0 N–H and O–H groups in total. The molecule has 10 heterocycles. The van der Waals surface area contributed by atoms with Crippen LogP contribution in [0.15, 0.2) is 276 Å². The molecule has 15 aromatic rings. The molecule has 10 aromatic heterocycles. The summed E-state index contributed by atoms with van der Waals surface area (Å²) in [6, 6.07) is 42.1. The van der Waals surface area contributed by atoms with E-state index in [1.807, 2.05) is 95.3 Å². The molecule has 0 aliphatic heterocycles. The Balaban J connectivity index is 0.000000148. The number of ketones is 5. The molecule has 0 fully saturated rings. The first kappa shape index (κ1) is 86.1. The molecule has 15 rings (SSSR count). The molecule has 0 radical (unpaired) electrons. The Kier molecular flexibility index (Phi) is 30.8. The summed E-state index contributed by atoms with van der Waals surface area (Å²) in [5, 5.41) is 0.421. The Morgan fingerprint density at radius 3 is 1.07 bits per heavy atom. The molecule has 121 heavy (non-hydrogen) atoms. The number of aromatic nitrogens is 15. The number of aryl methyl sites for hydroxylation is 5. The van der Waals surface area contributed by atoms with Gasteiger partial charge in [-0.3, -0.25) is 48.9 Å². The van der Waals surface area contributed by atoms with Gasteiger partial charge in [0.1, 0.15) is 77.8 Å². The third-order valence-corrected chi connectivity index (χ3v) is 16.7. The van der Waals surface area contributed by atoms with Gasteiger partial charge < -0.3 is 23.7 Å². The van der Waals surface area contributed by atoms with Crippen LogP contribution in [0.25, 0.3) is 0 Å². The van der Waals surface area contributed by atoms with Crippen LogP contribution in [-0.4, -0.2) is 104 Å². The molecule has 0 atom stereocenters. The van der Waals surface area contributed by atoms with E-state index in [1.54, 1.807) is 73.4 Å². The summed E-state index contributed by atoms with van der Waals surface area (Å²) < 4.78 is 69.3. The Labute approximate surface area is 697 Å². The van der Waals surface area contributed by atoms with Crippen LogP contribution in [0.2, 0.25) is 5.02 Å². The molecule has 0 saturated carbocycles. The van der Waals surface area contributed by atoms with Crippen molar-refractivity contribution in [3.63, 3.8) is 0 Å². The van der Waals surface area contributed by atoms with Gasteiger partial charge >= 0.3 is 0 Å². The fourth-order valence-corrected chi connectivity index (χ4v) is 11.5. The Bertz CT molecular complexity index is 5550. The van der Waals surface area contributed by atoms with Gasteiger partial charge in [0, 0.05) is 122 Å². The van der Waals surface area contributed by atoms with Crippen molar-refractivity contribution in [2.45, 2.75) is 66.7 Å². The van der Waals surface area contributed by atoms with E-state index in [-0.39, 0.29) is 95.0 Å². The average molecular weight is 1640 g/mol. The lowest BCUT2D eigenvalue weighted by Crippen LogP contribution is -2.06. The van der Waals surface area contributed by atoms with E-state index in [4.69, 9.17) is 41.7 Å². The van der Waals surface area contributed by atoms with Crippen molar-refractivity contribution in [3.05, 3.63) is 388 Å². The molecule has 602 valence electrons. The molecule has 0 saturated heterocycles. The Morgan fingerprint density at radius 1 is 0.322 bits per heavy atom. The maximum atomic E-state index is 13.8. The van der Waals surface area contributed by atoms with Gasteiger partial charge in [-0.2, -0.15) is 0 Å². The van der Waals surface area contributed by atoms with Crippen LogP contribution < -0.4 is 23.7 Å². The average Bonchev–Trinajstić information content (AvgIpc) is 0.858. The van der Waals surface area contributed by atoms with E-state index in [9.17, 15) is 37.1 Å². The zero-order chi connectivity index (χ0) is 85.4. The van der Waals surface area contributed by atoms with Crippen LogP contribution in [0.4, 0.5) is 13.2 Å². The maximum Gasteiger partial charge on any atom is 0.169 e. The Morgan fingerprint density at radius 2 is 0.694 bits per heavy atom. The van der Waals surface area contributed by atoms with Gasteiger partial charge in [0.15, 0.2) is 57.7 Å². The first-order valence-corrected chi connectivity index (χ1v) is 37.1. The monoisotopic (exact) mass is 1640 g/mol. The van der Waals surface area contributed by atoms with Gasteiger partial charge in [-0.25, -0.2) is 63.0 Å². The predicted octanol–water partition coefficient (Wildman–Crippen LogP) is 18.0. The van der Waals surface area contributed by atoms with E-state index in [1.165, 1.54) is 136 Å². The third-order valence-electron chi connectivity index (χ3n) is 16.5. The number of hydrogen-bond acceptors (Lipinski definition) is 25. The number of nitrogens with zero attached hydrogens (tertiary/aromatic N) is 15. The first-order valence-electron chi connectivity index (χ1n) is 36.8. The molecule has 0 amide bonds. The summed E-state index contributed by atoms with van der Waals surface area (Å²) >= 11 is 6.11. The number of rotatable bonds is 25. The molecule has 0 bridgehead atoms. The van der Waals surface area contributed by atoms with Crippen LogP contribution in [0.5, 0.6) is 57.5 Å². The molecular weight excluding hydrogens is 1570 g/mol. The zero-order valence-corrected chi connectivity index (χ0v) is 66.2. The minimum Gasteiger partial charge on any atom is -0.454 e. The van der Waals surface area contributed by atoms with E-state index >= 15 is 0 Å². The lowest BCUT2D eigenvalue weighted by atomic mass is 10.0. The number of carbonyl (C=O) groups is 5. The predicted molar refractivity (Wildman–Crippen MR) is 441 cm³/mol. The second kappa shape index (κ2) is 43.3. The Hall–Kier alpha value is -15.8. The van der Waals surface area contributed by atoms with Crippen molar-refractivity contribution in [2.24, 2.45) is 0 Å². The summed E-state index contributed by atoms with van der Waals surface area (Å²) in [4.78, 5) is 122. The quantitative estimate of drug-likeness (QED) is 0.0379. The lowest BCUT2D eigenvalue weighted by molar-refractivity contribution is 0.0983. The second-order valence-electron chi connectivity index (χ2n) is 26.5. The lowest BCUT2D eigenvalue weighted by Gasteiger charge is -2.09. The zero-order valence-electron chi connectivity index (χ0n) is 65.4. The third kappa shape index (κ3) is 28.3. The number of terminal acetylenes is 1. The molecule has 29 heteroatoms. The highest BCUT2D eigenvalue weighted by Crippen LogP contribution is 2.30. The number of carbonyl (C=O) groups excluding carboxylic acids is 5. The number of pyridine rings is 5. The number of halogens is 4. The van der Waals surface area contributed by atoms with Crippen LogP contribution >= 0.6 is 11.6 Å². The topological polar surface area (TPSA) is 325 Å². The van der Waals surface area contributed by atoms with E-state index in [0.29, 0.717) is 73.3 Å². The van der Waals surface area contributed by atoms with Crippen LogP contribution in [0.1, 0.15) is 114 Å². The van der Waals surface area contributed by atoms with Crippen molar-refractivity contribution in [2.75, 3.05) is 0 Å². The van der Waals surface area contributed by atoms with Gasteiger partial charge in [0.2, 0.25) is 0 Å². The molecule has 0 aliphatic carbocycles. The molecule has 25 nitrogen and oxygen atoms in total. The van der Waals surface area contributed by atoms with E-state index < -0.39 is 17.5 Å². The van der Waals surface area contributed by atoms with Crippen molar-refractivity contribution in [1.82, 2.24) is 74.8 Å². The summed E-state index contributed by atoms with van der Waals surface area (Å²) in [5.41, 5.74) is 10.5. The number of benzene rings is 5. The number of ether oxygens (including phenoxy) is 5. The summed E-state index contributed by atoms with van der Waals surface area (Å²) in [5.74, 6) is 3.72. The maximum absolute atomic E-state index is 13.8. The molecule has 0 unspecified atom stereocenters. The largest absolute Gasteiger partial charge is 0.454 e. The normalized spacial score (nSPS) is 10.3. The van der Waals surface area contributed by atoms with Crippen LogP contribution in [0, 0.1) is 64.4 Å². The summed E-state index contributed by atoms with van der Waals surface area (Å²) in [6.07, 6.45) is 34.4. The van der Waals surface area contributed by atoms with Crippen LogP contribution in [0.3, 0.4) is 0 Å². The summed E-state index contributed by atoms with van der Waals surface area (Å²) in [7, 11) is 0. The number of Topliss-reactive ketones (excluding diaryl/α,β-unsaturated/α-hetero) is 5. The van der Waals surface area contributed by atoms with E-state index in [0.717, 1.165) is 51.1 Å². The highest BCUT2D eigenvalue weighted by Gasteiger charge is 2.19. The SMILES string of the molecule is C#Cc1ccc(CC(=O)c2cc(F)cc(Oc3cncnc3)c2)nc1.Cc1cc(Oc2cncnc2)cc(C(=O)Cc2cccc(C)n2)c1.Cc1cccc(CC(=O)c2cc(F)cc(Oc3cncnc3)c2)n1.Cc1ccnc(CC(=O)c2cc(Cl)cc(Oc3cncnc3)c2)c1.Cc1cncc(CC(=O)c2cc(F)cc(Oc3cncnc3)c2)c1. The van der Waals surface area contributed by atoms with Gasteiger partial charge in [-0.1, -0.05) is 35.7 Å². The minimum atomic E-state index is -0.576. The van der Waals surface area contributed by atoms with Crippen molar-refractivity contribution >= 4 is 40.5 Å². The van der Waals surface area contributed by atoms with Crippen molar-refractivity contribution < 1.29 is 60.8 Å². The standard InChI is InChI=1S/C19H12FN3O2.C19H17N3O2.C18H14ClN3O2.2C18H14FN3O2/c1-2-13-3-4-16(23-9-13)8-19(24)14-5-15(20)7-17(6-14)25-18-10-21-12-22-11-18;1-13-6-15(19(23)9-16-5-3-4-14(2)22-16)8-17(7-13)24-18-10-20-12-21-11-18;1-12-2-3-22-15(4-12)8-18(23)13-5-14(19)7-16(6-13)24-17-9-20-11-21-10-17;1-12-2-13(8-20-7-12)3-18(23)14-4-15(19)6-16(5-14)24-17-9-21-11-22-10-17;1-12-3-2-4-15(22-12)8-18(23)13-5-14(19)7-16(6-13)24-17-9-20-11-21-10-17/h1,3-7,9-12H,8H2;3-8,10-12H,9H2,1-2H3;2-7,9-11H,8H2,1H3;2,4-11H,3H2,1H3;2-7,9-11H,8H2,1H3. The summed E-state index contributed by atoms with van der Waals surface area (Å²) in [6.45, 7) is 9.55. The van der Waals surface area contributed by atoms with Gasteiger partial charge in [0.05, 0.1) is 87.7 Å². The smallest absolute Gasteiger partial charge is 0.169 e.